The number of aromatic nitrogens is 1. The number of rotatable bonds is 7. The Morgan fingerprint density at radius 3 is 2.76 bits per heavy atom. The maximum atomic E-state index is 11.2. The largest absolute Gasteiger partial charge is 0.756 e. The third-order valence-corrected chi connectivity index (χ3v) is 4.33. The Labute approximate surface area is 124 Å². The van der Waals surface area contributed by atoms with Gasteiger partial charge >= 0.3 is 0 Å². The van der Waals surface area contributed by atoms with Crippen LogP contribution < -0.4 is 4.89 Å². The summed E-state index contributed by atoms with van der Waals surface area (Å²) in [6.45, 7) is 0.808. The van der Waals surface area contributed by atoms with Gasteiger partial charge in [0.1, 0.15) is 0 Å². The molecule has 0 spiro atoms. The van der Waals surface area contributed by atoms with Gasteiger partial charge in [0.2, 0.25) is 0 Å². The zero-order valence-electron chi connectivity index (χ0n) is 12.5. The summed E-state index contributed by atoms with van der Waals surface area (Å²) < 4.78 is 20.8. The first-order chi connectivity index (χ1) is 9.83. The molecule has 116 valence electrons. The summed E-state index contributed by atoms with van der Waals surface area (Å²) in [5.41, 5.74) is 2.33. The van der Waals surface area contributed by atoms with Crippen molar-refractivity contribution in [3.05, 3.63) is 36.0 Å². The van der Waals surface area contributed by atoms with Gasteiger partial charge < -0.3 is 18.9 Å². The van der Waals surface area contributed by atoms with E-state index in [0.29, 0.717) is 4.48 Å². The number of hydrogen-bond acceptors (Lipinski definition) is 4. The van der Waals surface area contributed by atoms with Crippen LogP contribution in [0.1, 0.15) is 5.56 Å². The molecule has 0 saturated heterocycles. The first kappa shape index (κ1) is 16.2. The van der Waals surface area contributed by atoms with E-state index in [0.717, 1.165) is 25.6 Å². The number of hydrogen-bond donors (Lipinski definition) is 1. The molecule has 2 aromatic rings. The zero-order chi connectivity index (χ0) is 15.5. The average Bonchev–Trinajstić information content (AvgIpc) is 2.87. The van der Waals surface area contributed by atoms with Crippen molar-refractivity contribution in [1.29, 1.82) is 0 Å². The second-order valence-corrected chi connectivity index (χ2v) is 7.17. The highest BCUT2D eigenvalue weighted by Gasteiger charge is 2.19. The van der Waals surface area contributed by atoms with Crippen LogP contribution in [0.15, 0.2) is 30.5 Å². The van der Waals surface area contributed by atoms with E-state index in [1.165, 1.54) is 10.9 Å². The van der Waals surface area contributed by atoms with E-state index < -0.39 is 7.82 Å². The molecule has 0 radical (unpaired) electrons. The van der Waals surface area contributed by atoms with Crippen LogP contribution in [0, 0.1) is 0 Å². The minimum atomic E-state index is -4.16. The molecule has 0 aliphatic rings. The van der Waals surface area contributed by atoms with Crippen molar-refractivity contribution in [3.63, 3.8) is 0 Å². The summed E-state index contributed by atoms with van der Waals surface area (Å²) in [7, 11) is 0.775. The number of H-pyrrole nitrogens is 1. The third kappa shape index (κ3) is 4.40. The Kier molecular flexibility index (Phi) is 4.86. The fraction of sp³-hybridized carbons (Fsp3) is 0.429. The van der Waals surface area contributed by atoms with E-state index in [2.05, 4.69) is 15.6 Å². The van der Waals surface area contributed by atoms with Crippen LogP contribution in [-0.4, -0.2) is 43.9 Å². The van der Waals surface area contributed by atoms with E-state index in [1.807, 2.05) is 38.5 Å². The predicted molar refractivity (Wildman–Crippen MR) is 79.5 cm³/mol. The number of phosphoric acid groups is 1. The van der Waals surface area contributed by atoms with Crippen LogP contribution in [0.2, 0.25) is 0 Å². The van der Waals surface area contributed by atoms with Crippen LogP contribution in [0.4, 0.5) is 0 Å². The lowest BCUT2D eigenvalue weighted by Crippen LogP contribution is -2.43. The lowest BCUT2D eigenvalue weighted by Gasteiger charge is -2.32. The van der Waals surface area contributed by atoms with Crippen molar-refractivity contribution in [3.8, 4) is 0 Å². The Bertz CT molecular complexity index is 653. The van der Waals surface area contributed by atoms with Crippen molar-refractivity contribution < 1.29 is 23.0 Å². The number of quaternary nitrogens is 1. The summed E-state index contributed by atoms with van der Waals surface area (Å²) in [5.74, 6) is 0. The average molecular weight is 312 g/mol. The third-order valence-electron chi connectivity index (χ3n) is 3.45. The van der Waals surface area contributed by atoms with Crippen molar-refractivity contribution >= 4 is 18.7 Å². The lowest BCUT2D eigenvalue weighted by atomic mass is 10.1. The zero-order valence-corrected chi connectivity index (χ0v) is 13.4. The SMILES string of the molecule is COP(=O)([O-])OC[N+](C)(C)CCc1c[nH]c2ccccc12. The van der Waals surface area contributed by atoms with Gasteiger partial charge in [-0.25, -0.2) is 0 Å². The van der Waals surface area contributed by atoms with Gasteiger partial charge in [-0.1, -0.05) is 18.2 Å². The fourth-order valence-electron chi connectivity index (χ4n) is 2.11. The summed E-state index contributed by atoms with van der Waals surface area (Å²) >= 11 is 0. The highest BCUT2D eigenvalue weighted by atomic mass is 31.2. The van der Waals surface area contributed by atoms with Crippen molar-refractivity contribution in [2.45, 2.75) is 6.42 Å². The summed E-state index contributed by atoms with van der Waals surface area (Å²) in [4.78, 5) is 14.5. The smallest absolute Gasteiger partial charge is 0.272 e. The highest BCUT2D eigenvalue weighted by Crippen LogP contribution is 2.37. The lowest BCUT2D eigenvalue weighted by molar-refractivity contribution is -0.906. The number of aromatic amines is 1. The van der Waals surface area contributed by atoms with Crippen LogP contribution in [0.25, 0.3) is 10.9 Å². The van der Waals surface area contributed by atoms with Crippen LogP contribution in [0.5, 0.6) is 0 Å². The molecule has 1 aromatic carbocycles. The van der Waals surface area contributed by atoms with Gasteiger partial charge in [-0.2, -0.15) is 0 Å². The van der Waals surface area contributed by atoms with Gasteiger partial charge in [-0.3, -0.25) is 9.09 Å². The van der Waals surface area contributed by atoms with Crippen LogP contribution in [0.3, 0.4) is 0 Å². The Morgan fingerprint density at radius 2 is 2.05 bits per heavy atom. The molecule has 0 fully saturated rings. The second kappa shape index (κ2) is 6.30. The van der Waals surface area contributed by atoms with Gasteiger partial charge in [0.05, 0.1) is 20.6 Å². The number of fused-ring (bicyclic) bond motifs is 1. The first-order valence-electron chi connectivity index (χ1n) is 6.71. The van der Waals surface area contributed by atoms with Gasteiger partial charge in [-0.15, -0.1) is 0 Å². The molecule has 0 amide bonds. The fourth-order valence-corrected chi connectivity index (χ4v) is 2.67. The minimum Gasteiger partial charge on any atom is -0.756 e. The van der Waals surface area contributed by atoms with E-state index in [9.17, 15) is 9.46 Å². The van der Waals surface area contributed by atoms with Crippen LogP contribution >= 0.6 is 7.82 Å². The second-order valence-electron chi connectivity index (χ2n) is 5.66. The first-order valence-corrected chi connectivity index (χ1v) is 8.17. The van der Waals surface area contributed by atoms with E-state index in [4.69, 9.17) is 4.52 Å². The number of likely N-dealkylation sites (N-methyl/N-ethyl adjacent to an activating group) is 1. The minimum absolute atomic E-state index is 0.0526. The normalized spacial score (nSPS) is 15.2. The number of benzene rings is 1. The number of nitrogens with one attached hydrogen (secondary N) is 1. The quantitative estimate of drug-likeness (QED) is 0.481. The molecule has 21 heavy (non-hydrogen) atoms. The maximum absolute atomic E-state index is 11.2. The molecule has 6 nitrogen and oxygen atoms in total. The molecule has 0 aliphatic carbocycles. The molecule has 0 saturated carbocycles. The molecule has 2 rings (SSSR count). The number of para-hydroxylation sites is 1. The topological polar surface area (TPSA) is 74.4 Å². The molecular weight excluding hydrogens is 291 g/mol. The van der Waals surface area contributed by atoms with E-state index in [-0.39, 0.29) is 6.73 Å². The molecule has 1 N–H and O–H groups in total. The standard InChI is InChI=1S/C14H21N2O4P/c1-16(2,11-20-21(17,18)19-3)9-8-12-10-15-14-7-5-4-6-13(12)14/h4-7,10,15H,8-9,11H2,1-3H3. The van der Waals surface area contributed by atoms with Gasteiger partial charge in [0.25, 0.3) is 7.82 Å². The summed E-state index contributed by atoms with van der Waals surface area (Å²) in [6, 6.07) is 8.12. The molecule has 1 heterocycles. The van der Waals surface area contributed by atoms with Crippen molar-refractivity contribution in [2.75, 3.05) is 34.5 Å². The van der Waals surface area contributed by atoms with Gasteiger partial charge in [0, 0.05) is 30.6 Å². The molecule has 7 heteroatoms. The monoisotopic (exact) mass is 312 g/mol. The summed E-state index contributed by atoms with van der Waals surface area (Å²) in [5, 5.41) is 1.20. The molecule has 0 bridgehead atoms. The predicted octanol–water partition coefficient (Wildman–Crippen LogP) is 1.88. The van der Waals surface area contributed by atoms with E-state index in [1.54, 1.807) is 0 Å². The van der Waals surface area contributed by atoms with Crippen LogP contribution in [-0.2, 0) is 20.0 Å². The maximum Gasteiger partial charge on any atom is 0.272 e. The van der Waals surface area contributed by atoms with Gasteiger partial charge in [-0.05, 0) is 11.6 Å². The highest BCUT2D eigenvalue weighted by molar-refractivity contribution is 7.45. The molecule has 0 aliphatic heterocycles. The molecule has 1 aromatic heterocycles. The molecular formula is C14H21N2O4P. The molecule has 1 atom stereocenters. The Hall–Kier alpha value is -1.17. The Morgan fingerprint density at radius 1 is 1.33 bits per heavy atom. The van der Waals surface area contributed by atoms with Crippen molar-refractivity contribution in [1.82, 2.24) is 4.98 Å². The van der Waals surface area contributed by atoms with Crippen molar-refractivity contribution in [2.24, 2.45) is 0 Å². The van der Waals surface area contributed by atoms with E-state index >= 15 is 0 Å². The van der Waals surface area contributed by atoms with Gasteiger partial charge in [0.15, 0.2) is 6.73 Å². The Balaban J connectivity index is 1.96. The number of nitrogens with zero attached hydrogens (tertiary/aromatic N) is 1. The summed E-state index contributed by atoms with van der Waals surface area (Å²) in [6.07, 6.45) is 2.83. The molecule has 1 unspecified atom stereocenters. The number of phosphoric ester groups is 1.